The number of nitrogens with two attached hydrogens (primary N) is 1. The van der Waals surface area contributed by atoms with Crippen LogP contribution in [0.5, 0.6) is 0 Å². The van der Waals surface area contributed by atoms with Crippen molar-refractivity contribution in [1.29, 1.82) is 0 Å². The highest BCUT2D eigenvalue weighted by atomic mass is 35.5. The molecule has 1 aromatic heterocycles. The van der Waals surface area contributed by atoms with Crippen LogP contribution < -0.4 is 11.1 Å². The first-order valence-electron chi connectivity index (χ1n) is 5.96. The van der Waals surface area contributed by atoms with Crippen LogP contribution in [0.2, 0.25) is 5.02 Å². The van der Waals surface area contributed by atoms with Crippen molar-refractivity contribution >= 4 is 23.1 Å². The molecule has 0 amide bonds. The van der Waals surface area contributed by atoms with E-state index in [1.807, 2.05) is 36.5 Å². The summed E-state index contributed by atoms with van der Waals surface area (Å²) in [5.41, 5.74) is 8.02. The summed E-state index contributed by atoms with van der Waals surface area (Å²) in [6.45, 7) is 0. The predicted molar refractivity (Wildman–Crippen MR) is 74.3 cm³/mol. The van der Waals surface area contributed by atoms with E-state index in [4.69, 9.17) is 17.3 Å². The molecule has 1 aliphatic carbocycles. The van der Waals surface area contributed by atoms with E-state index < -0.39 is 0 Å². The van der Waals surface area contributed by atoms with Crippen molar-refractivity contribution in [3.05, 3.63) is 53.2 Å². The molecule has 3 N–H and O–H groups in total. The molecule has 1 saturated carbocycles. The molecule has 1 aliphatic rings. The molecule has 0 saturated heterocycles. The Balaban J connectivity index is 1.71. The first-order chi connectivity index (χ1) is 8.72. The van der Waals surface area contributed by atoms with E-state index in [2.05, 4.69) is 16.4 Å². The maximum Gasteiger partial charge on any atom is 0.130 e. The van der Waals surface area contributed by atoms with Gasteiger partial charge in [-0.15, -0.1) is 0 Å². The number of nitrogens with zero attached hydrogens (tertiary/aromatic N) is 1. The highest BCUT2D eigenvalue weighted by Gasteiger charge is 2.34. The summed E-state index contributed by atoms with van der Waals surface area (Å²) in [7, 11) is 0. The van der Waals surface area contributed by atoms with Crippen molar-refractivity contribution in [2.45, 2.75) is 18.4 Å². The largest absolute Gasteiger partial charge is 0.340 e. The zero-order valence-corrected chi connectivity index (χ0v) is 10.6. The average molecular weight is 260 g/mol. The Kier molecular flexibility index (Phi) is 2.94. The minimum atomic E-state index is 0.321. The zero-order valence-electron chi connectivity index (χ0n) is 9.81. The summed E-state index contributed by atoms with van der Waals surface area (Å²) in [6, 6.07) is 11.9. The molecule has 1 aromatic carbocycles. The molecule has 2 aromatic rings. The number of aromatic nitrogens is 1. The van der Waals surface area contributed by atoms with Gasteiger partial charge in [0.25, 0.3) is 0 Å². The van der Waals surface area contributed by atoms with Crippen LogP contribution in [0.15, 0.2) is 42.6 Å². The molecule has 4 heteroatoms. The number of hydrogen-bond donors (Lipinski definition) is 2. The second-order valence-electron chi connectivity index (χ2n) is 4.61. The maximum absolute atomic E-state index is 5.84. The Morgan fingerprint density at radius 3 is 2.44 bits per heavy atom. The van der Waals surface area contributed by atoms with Gasteiger partial charge in [0.05, 0.1) is 0 Å². The third-order valence-electron chi connectivity index (χ3n) is 3.17. The molecule has 18 heavy (non-hydrogen) atoms. The summed E-state index contributed by atoms with van der Waals surface area (Å²) in [5, 5.41) is 3.96. The summed E-state index contributed by atoms with van der Waals surface area (Å²) in [5.74, 6) is 1.33. The Bertz CT molecular complexity index is 536. The molecular formula is C14H14ClN3. The van der Waals surface area contributed by atoms with Crippen LogP contribution in [-0.2, 0) is 0 Å². The lowest BCUT2D eigenvalue weighted by atomic mass is 10.2. The molecule has 2 unspecified atom stereocenters. The highest BCUT2D eigenvalue weighted by Crippen LogP contribution is 2.38. The molecule has 0 radical (unpaired) electrons. The normalized spacial score (nSPS) is 21.7. The molecule has 92 valence electrons. The summed E-state index contributed by atoms with van der Waals surface area (Å²) >= 11 is 5.84. The van der Waals surface area contributed by atoms with Gasteiger partial charge in [0, 0.05) is 28.9 Å². The number of benzene rings is 1. The van der Waals surface area contributed by atoms with E-state index in [9.17, 15) is 0 Å². The predicted octanol–water partition coefficient (Wildman–Crippen LogP) is 3.29. The van der Waals surface area contributed by atoms with Crippen molar-refractivity contribution in [3.8, 4) is 0 Å². The van der Waals surface area contributed by atoms with E-state index in [1.54, 1.807) is 0 Å². The van der Waals surface area contributed by atoms with Crippen molar-refractivity contribution in [2.75, 3.05) is 5.32 Å². The maximum atomic E-state index is 5.84. The minimum absolute atomic E-state index is 0.321. The van der Waals surface area contributed by atoms with Crippen molar-refractivity contribution in [3.63, 3.8) is 0 Å². The summed E-state index contributed by atoms with van der Waals surface area (Å²) in [4.78, 5) is 4.39. The Morgan fingerprint density at radius 1 is 1.17 bits per heavy atom. The molecule has 1 heterocycles. The van der Waals surface area contributed by atoms with Gasteiger partial charge < -0.3 is 11.1 Å². The Labute approximate surface area is 111 Å². The monoisotopic (exact) mass is 259 g/mol. The lowest BCUT2D eigenvalue weighted by molar-refractivity contribution is 0.981. The zero-order chi connectivity index (χ0) is 12.5. The van der Waals surface area contributed by atoms with Gasteiger partial charge in [0.2, 0.25) is 0 Å². The molecule has 3 rings (SSSR count). The number of halogens is 1. The van der Waals surface area contributed by atoms with Crippen molar-refractivity contribution in [1.82, 2.24) is 4.98 Å². The lowest BCUT2D eigenvalue weighted by Crippen LogP contribution is -2.01. The van der Waals surface area contributed by atoms with Crippen LogP contribution in [-0.4, -0.2) is 11.0 Å². The van der Waals surface area contributed by atoms with Crippen molar-refractivity contribution < 1.29 is 0 Å². The molecule has 3 nitrogen and oxygen atoms in total. The van der Waals surface area contributed by atoms with Crippen LogP contribution in [0.3, 0.4) is 0 Å². The molecular weight excluding hydrogens is 246 g/mol. The smallest absolute Gasteiger partial charge is 0.130 e. The van der Waals surface area contributed by atoms with E-state index in [1.165, 1.54) is 5.56 Å². The number of rotatable bonds is 3. The molecule has 0 bridgehead atoms. The molecule has 0 aliphatic heterocycles. The van der Waals surface area contributed by atoms with Crippen LogP contribution in [0.25, 0.3) is 0 Å². The fraction of sp³-hybridized carbons (Fsp3) is 0.214. The van der Waals surface area contributed by atoms with Gasteiger partial charge in [0.15, 0.2) is 0 Å². The number of nitrogens with one attached hydrogen (secondary N) is 1. The third kappa shape index (κ3) is 2.47. The van der Waals surface area contributed by atoms with E-state index in [-0.39, 0.29) is 0 Å². The van der Waals surface area contributed by atoms with Gasteiger partial charge in [-0.3, -0.25) is 0 Å². The molecule has 2 atom stereocenters. The number of anilines is 2. The fourth-order valence-corrected chi connectivity index (χ4v) is 2.10. The van der Waals surface area contributed by atoms with E-state index >= 15 is 0 Å². The van der Waals surface area contributed by atoms with Crippen LogP contribution in [0.1, 0.15) is 17.9 Å². The SMILES string of the molecule is NC1CC1c1ccc(Nc2ccc(Cl)cc2)nc1. The molecule has 0 spiro atoms. The Morgan fingerprint density at radius 2 is 1.89 bits per heavy atom. The van der Waals surface area contributed by atoms with E-state index in [0.717, 1.165) is 22.9 Å². The second-order valence-corrected chi connectivity index (χ2v) is 5.05. The van der Waals surface area contributed by atoms with Crippen LogP contribution >= 0.6 is 11.6 Å². The minimum Gasteiger partial charge on any atom is -0.340 e. The van der Waals surface area contributed by atoms with Crippen molar-refractivity contribution in [2.24, 2.45) is 5.73 Å². The van der Waals surface area contributed by atoms with E-state index in [0.29, 0.717) is 12.0 Å². The highest BCUT2D eigenvalue weighted by molar-refractivity contribution is 6.30. The van der Waals surface area contributed by atoms with Gasteiger partial charge >= 0.3 is 0 Å². The number of pyridine rings is 1. The Hall–Kier alpha value is -1.58. The average Bonchev–Trinajstić information content (AvgIpc) is 3.10. The fourth-order valence-electron chi connectivity index (χ4n) is 1.98. The summed E-state index contributed by atoms with van der Waals surface area (Å²) < 4.78 is 0. The lowest BCUT2D eigenvalue weighted by Gasteiger charge is -2.06. The summed E-state index contributed by atoms with van der Waals surface area (Å²) in [6.07, 6.45) is 2.97. The van der Waals surface area contributed by atoms with Gasteiger partial charge in [-0.2, -0.15) is 0 Å². The topological polar surface area (TPSA) is 50.9 Å². The quantitative estimate of drug-likeness (QED) is 0.889. The number of hydrogen-bond acceptors (Lipinski definition) is 3. The first-order valence-corrected chi connectivity index (χ1v) is 6.34. The van der Waals surface area contributed by atoms with Gasteiger partial charge in [0.1, 0.15) is 5.82 Å². The first kappa shape index (κ1) is 11.5. The van der Waals surface area contributed by atoms with Gasteiger partial charge in [-0.05, 0) is 42.3 Å². The molecule has 1 fully saturated rings. The van der Waals surface area contributed by atoms with Gasteiger partial charge in [-0.25, -0.2) is 4.98 Å². The second kappa shape index (κ2) is 4.59. The third-order valence-corrected chi connectivity index (χ3v) is 3.42. The standard InChI is InChI=1S/C14H14ClN3/c15-10-2-4-11(5-3-10)18-14-6-1-9(8-17-14)12-7-13(12)16/h1-6,8,12-13H,7,16H2,(H,17,18). The van der Waals surface area contributed by atoms with Crippen LogP contribution in [0.4, 0.5) is 11.5 Å². The van der Waals surface area contributed by atoms with Gasteiger partial charge in [-0.1, -0.05) is 17.7 Å². The van der Waals surface area contributed by atoms with Crippen LogP contribution in [0, 0.1) is 0 Å².